The van der Waals surface area contributed by atoms with Crippen molar-refractivity contribution in [3.05, 3.63) is 52.5 Å². The fourth-order valence-corrected chi connectivity index (χ4v) is 4.61. The molecule has 1 N–H and O–H groups in total. The van der Waals surface area contributed by atoms with E-state index < -0.39 is 16.7 Å². The van der Waals surface area contributed by atoms with Crippen LogP contribution in [0.3, 0.4) is 0 Å². The number of thioether (sulfide) groups is 1. The normalized spacial score (nSPS) is 18.1. The number of benzene rings is 2. The van der Waals surface area contributed by atoms with Crippen LogP contribution in [-0.2, 0) is 9.59 Å². The molecule has 2 amide bonds. The van der Waals surface area contributed by atoms with E-state index in [1.54, 1.807) is 19.1 Å². The Kier molecular flexibility index (Phi) is 7.87. The van der Waals surface area contributed by atoms with Gasteiger partial charge in [0, 0.05) is 40.3 Å². The summed E-state index contributed by atoms with van der Waals surface area (Å²) in [5.74, 6) is -0.819. The van der Waals surface area contributed by atoms with E-state index in [1.165, 1.54) is 35.2 Å². The minimum absolute atomic E-state index is 0.0186. The van der Waals surface area contributed by atoms with Crippen LogP contribution in [0.5, 0.6) is 5.75 Å². The van der Waals surface area contributed by atoms with Crippen molar-refractivity contribution in [1.29, 1.82) is 0 Å². The van der Waals surface area contributed by atoms with Gasteiger partial charge in [-0.2, -0.15) is 0 Å². The van der Waals surface area contributed by atoms with Crippen molar-refractivity contribution >= 4 is 74.9 Å². The van der Waals surface area contributed by atoms with Gasteiger partial charge in [0.2, 0.25) is 11.8 Å². The summed E-state index contributed by atoms with van der Waals surface area (Å²) in [5.41, 5.74) is -3.04. The number of carbonyl (C=O) groups is 2. The third-order valence-corrected chi connectivity index (χ3v) is 5.87. The van der Waals surface area contributed by atoms with Crippen LogP contribution in [-0.4, -0.2) is 39.2 Å². The van der Waals surface area contributed by atoms with Crippen LogP contribution in [0, 0.1) is 0 Å². The van der Waals surface area contributed by atoms with Gasteiger partial charge < -0.3 is 10.1 Å². The Bertz CT molecular complexity index is 1030. The van der Waals surface area contributed by atoms with Crippen molar-refractivity contribution in [1.82, 2.24) is 4.90 Å². The van der Waals surface area contributed by atoms with E-state index >= 15 is 0 Å². The summed E-state index contributed by atoms with van der Waals surface area (Å²) in [6.07, 6.45) is -0.0186. The molecule has 0 spiro atoms. The lowest BCUT2D eigenvalue weighted by molar-refractivity contribution is -0.129. The van der Waals surface area contributed by atoms with Gasteiger partial charge in [0.15, 0.2) is 5.17 Å². The average molecular weight is 523 g/mol. The first-order chi connectivity index (χ1) is 15.0. The van der Waals surface area contributed by atoms with Crippen molar-refractivity contribution in [2.45, 2.75) is 24.2 Å². The standard InChI is InChI=1S/C20H16Cl3F2N3O3S/c1-2-28-17(29)10-16(18(30)26-14-8-11(21)7-12(22)9-14)32-19(28)27-13-3-5-15(6-4-13)31-20(23,24)25/h3-9,16H,2,10H2,1H3,(H,26,30). The van der Waals surface area contributed by atoms with Crippen LogP contribution in [0.1, 0.15) is 13.3 Å². The predicted octanol–water partition coefficient (Wildman–Crippen LogP) is 6.14. The van der Waals surface area contributed by atoms with Gasteiger partial charge in [-0.25, -0.2) is 4.99 Å². The molecule has 1 aliphatic heterocycles. The third-order valence-electron chi connectivity index (χ3n) is 4.17. The molecule has 1 saturated heterocycles. The zero-order valence-corrected chi connectivity index (χ0v) is 19.5. The predicted molar refractivity (Wildman–Crippen MR) is 123 cm³/mol. The number of amides is 2. The van der Waals surface area contributed by atoms with Crippen molar-refractivity contribution < 1.29 is 23.1 Å². The molecule has 2 aromatic rings. The SMILES string of the molecule is CCN1C(=O)CC(C(=O)Nc2cc(Cl)cc(Cl)c2)SC1=Nc1ccc(OC(F)(F)Cl)cc1. The first-order valence-corrected chi connectivity index (χ1v) is 11.2. The van der Waals surface area contributed by atoms with Gasteiger partial charge in [-0.15, -0.1) is 8.78 Å². The maximum absolute atomic E-state index is 12.8. The van der Waals surface area contributed by atoms with E-state index in [2.05, 4.69) is 15.0 Å². The molecule has 0 bridgehead atoms. The van der Waals surface area contributed by atoms with E-state index in [0.717, 1.165) is 11.8 Å². The van der Waals surface area contributed by atoms with Crippen molar-refractivity contribution in [3.8, 4) is 5.75 Å². The second-order valence-corrected chi connectivity index (χ2v) is 9.01. The number of amidine groups is 1. The number of hydrogen-bond acceptors (Lipinski definition) is 5. The summed E-state index contributed by atoms with van der Waals surface area (Å²) in [5, 5.41) is 3.00. The van der Waals surface area contributed by atoms with Gasteiger partial charge in [-0.1, -0.05) is 35.0 Å². The molecule has 0 aromatic heterocycles. The second kappa shape index (κ2) is 10.2. The Morgan fingerprint density at radius 3 is 2.44 bits per heavy atom. The number of anilines is 1. The first kappa shape index (κ1) is 24.6. The molecule has 2 aromatic carbocycles. The summed E-state index contributed by atoms with van der Waals surface area (Å²) < 4.78 is 29.8. The van der Waals surface area contributed by atoms with Gasteiger partial charge in [-0.05, 0) is 49.4 Å². The first-order valence-electron chi connectivity index (χ1n) is 9.22. The number of halogens is 5. The van der Waals surface area contributed by atoms with Crippen molar-refractivity contribution in [2.24, 2.45) is 4.99 Å². The van der Waals surface area contributed by atoms with Gasteiger partial charge in [0.25, 0.3) is 0 Å². The Morgan fingerprint density at radius 1 is 1.25 bits per heavy atom. The van der Waals surface area contributed by atoms with E-state index in [4.69, 9.17) is 34.8 Å². The molecule has 1 aliphatic rings. The summed E-state index contributed by atoms with van der Waals surface area (Å²) in [6.45, 7) is 2.13. The molecule has 0 radical (unpaired) electrons. The van der Waals surface area contributed by atoms with Crippen LogP contribution in [0.4, 0.5) is 20.2 Å². The molecule has 1 fully saturated rings. The third kappa shape index (κ3) is 6.71. The highest BCUT2D eigenvalue weighted by molar-refractivity contribution is 8.15. The monoisotopic (exact) mass is 521 g/mol. The molecule has 0 aliphatic carbocycles. The maximum Gasteiger partial charge on any atom is 0.487 e. The Labute approximate surface area is 201 Å². The van der Waals surface area contributed by atoms with Crippen LogP contribution < -0.4 is 10.1 Å². The number of ether oxygens (including phenoxy) is 1. The van der Waals surface area contributed by atoms with Crippen LogP contribution in [0.25, 0.3) is 0 Å². The molecule has 1 atom stereocenters. The lowest BCUT2D eigenvalue weighted by Crippen LogP contribution is -2.45. The smallest absolute Gasteiger partial charge is 0.420 e. The minimum atomic E-state index is -3.83. The molecular weight excluding hydrogens is 507 g/mol. The fraction of sp³-hybridized carbons (Fsp3) is 0.250. The van der Waals surface area contributed by atoms with E-state index in [-0.39, 0.29) is 18.1 Å². The van der Waals surface area contributed by atoms with Gasteiger partial charge >= 0.3 is 5.57 Å². The highest BCUT2D eigenvalue weighted by Crippen LogP contribution is 2.32. The van der Waals surface area contributed by atoms with Gasteiger partial charge in [0.1, 0.15) is 11.0 Å². The minimum Gasteiger partial charge on any atom is -0.420 e. The highest BCUT2D eigenvalue weighted by atomic mass is 35.5. The lowest BCUT2D eigenvalue weighted by atomic mass is 10.2. The summed E-state index contributed by atoms with van der Waals surface area (Å²) in [4.78, 5) is 31.2. The molecule has 32 heavy (non-hydrogen) atoms. The Morgan fingerprint density at radius 2 is 1.88 bits per heavy atom. The van der Waals surface area contributed by atoms with Crippen molar-refractivity contribution in [2.75, 3.05) is 11.9 Å². The summed E-state index contributed by atoms with van der Waals surface area (Å²) in [6, 6.07) is 10.0. The van der Waals surface area contributed by atoms with E-state index in [1.807, 2.05) is 0 Å². The van der Waals surface area contributed by atoms with Crippen LogP contribution in [0.2, 0.25) is 10.0 Å². The molecule has 1 heterocycles. The molecule has 3 rings (SSSR count). The number of nitrogens with one attached hydrogen (secondary N) is 1. The molecule has 170 valence electrons. The number of aliphatic imine (C=N–C) groups is 1. The highest BCUT2D eigenvalue weighted by Gasteiger charge is 2.35. The molecular formula is C20H16Cl3F2N3O3S. The number of alkyl halides is 3. The molecule has 1 unspecified atom stereocenters. The van der Waals surface area contributed by atoms with Gasteiger partial charge in [0.05, 0.1) is 5.69 Å². The van der Waals surface area contributed by atoms with Crippen molar-refractivity contribution in [3.63, 3.8) is 0 Å². The van der Waals surface area contributed by atoms with E-state index in [0.29, 0.717) is 33.1 Å². The number of nitrogens with zero attached hydrogens (tertiary/aromatic N) is 2. The maximum atomic E-state index is 12.8. The molecule has 6 nitrogen and oxygen atoms in total. The average Bonchev–Trinajstić information content (AvgIpc) is 2.67. The largest absolute Gasteiger partial charge is 0.487 e. The van der Waals surface area contributed by atoms with Crippen LogP contribution >= 0.6 is 46.6 Å². The Balaban J connectivity index is 1.78. The zero-order chi connectivity index (χ0) is 23.5. The number of carbonyl (C=O) groups excluding carboxylic acids is 2. The topological polar surface area (TPSA) is 71.0 Å². The van der Waals surface area contributed by atoms with Crippen LogP contribution in [0.15, 0.2) is 47.5 Å². The fourth-order valence-electron chi connectivity index (χ4n) is 2.83. The quantitative estimate of drug-likeness (QED) is 0.463. The molecule has 12 heteroatoms. The molecule has 0 saturated carbocycles. The lowest BCUT2D eigenvalue weighted by Gasteiger charge is -2.31. The summed E-state index contributed by atoms with van der Waals surface area (Å²) >= 11 is 17.8. The van der Waals surface area contributed by atoms with Gasteiger partial charge in [-0.3, -0.25) is 14.5 Å². The number of hydrogen-bond donors (Lipinski definition) is 1. The zero-order valence-electron chi connectivity index (χ0n) is 16.5. The van der Waals surface area contributed by atoms with E-state index in [9.17, 15) is 18.4 Å². The number of rotatable bonds is 6. The summed E-state index contributed by atoms with van der Waals surface area (Å²) in [7, 11) is 0. The second-order valence-electron chi connectivity index (χ2n) is 6.53. The Hall–Kier alpha value is -2.07.